The molecule has 2 atom stereocenters. The molecule has 0 fully saturated rings. The Hall–Kier alpha value is -1.53. The maximum Gasteiger partial charge on any atom is 0.317 e. The first-order valence-electron chi connectivity index (χ1n) is 6.75. The quantitative estimate of drug-likeness (QED) is 0.796. The number of nitrogens with zero attached hydrogens (tertiary/aromatic N) is 1. The Balaban J connectivity index is 2.69. The molecule has 0 radical (unpaired) electrons. The summed E-state index contributed by atoms with van der Waals surface area (Å²) < 4.78 is 10.8. The molecule has 6 heteroatoms. The summed E-state index contributed by atoms with van der Waals surface area (Å²) in [7, 11) is 3.20. The molecule has 20 heavy (non-hydrogen) atoms. The largest absolute Gasteiger partial charge is 0.464 e. The van der Waals surface area contributed by atoms with Gasteiger partial charge < -0.3 is 24.5 Å². The van der Waals surface area contributed by atoms with Crippen LogP contribution in [0.25, 0.3) is 0 Å². The molecular formula is C14H24N2O4. The Labute approximate surface area is 119 Å². The molecule has 114 valence electrons. The van der Waals surface area contributed by atoms with Crippen LogP contribution < -0.4 is 5.32 Å². The molecule has 0 bridgehead atoms. The monoisotopic (exact) mass is 284 g/mol. The minimum absolute atomic E-state index is 0.268. The van der Waals surface area contributed by atoms with Gasteiger partial charge in [0.15, 0.2) is 0 Å². The number of rotatable bonds is 7. The van der Waals surface area contributed by atoms with Gasteiger partial charge in [-0.05, 0) is 19.1 Å². The second-order valence-corrected chi connectivity index (χ2v) is 4.84. The van der Waals surface area contributed by atoms with E-state index >= 15 is 0 Å². The second kappa shape index (κ2) is 7.91. The van der Waals surface area contributed by atoms with E-state index in [1.165, 1.54) is 4.90 Å². The number of hydrogen-bond donors (Lipinski definition) is 2. The number of carbonyl (C=O) groups is 1. The summed E-state index contributed by atoms with van der Waals surface area (Å²) in [5, 5.41) is 12.1. The van der Waals surface area contributed by atoms with E-state index in [0.29, 0.717) is 12.4 Å². The van der Waals surface area contributed by atoms with E-state index in [1.807, 2.05) is 19.1 Å². The molecule has 2 unspecified atom stereocenters. The van der Waals surface area contributed by atoms with Crippen LogP contribution in [0.5, 0.6) is 0 Å². The zero-order valence-electron chi connectivity index (χ0n) is 12.5. The van der Waals surface area contributed by atoms with Crippen molar-refractivity contribution < 1.29 is 19.1 Å². The average molecular weight is 284 g/mol. The Morgan fingerprint density at radius 3 is 2.75 bits per heavy atom. The highest BCUT2D eigenvalue weighted by Crippen LogP contribution is 2.17. The van der Waals surface area contributed by atoms with Crippen LogP contribution in [-0.2, 0) is 11.2 Å². The number of aliphatic hydroxyl groups is 1. The standard InChI is InChI=1S/C14H24N2O4/c1-5-11-6-7-13(20-11)12(9-19-4)15-14(18)16(3)8-10(2)17/h6-7,10,12,17H,5,8-9H2,1-4H3,(H,15,18). The molecule has 0 saturated heterocycles. The number of urea groups is 1. The summed E-state index contributed by atoms with van der Waals surface area (Å²) in [4.78, 5) is 13.4. The van der Waals surface area contributed by atoms with Crippen LogP contribution in [-0.4, -0.2) is 49.5 Å². The molecule has 0 aromatic carbocycles. The van der Waals surface area contributed by atoms with Gasteiger partial charge in [-0.15, -0.1) is 0 Å². The molecule has 1 heterocycles. The summed E-state index contributed by atoms with van der Waals surface area (Å²) in [5.74, 6) is 1.54. The Morgan fingerprint density at radius 1 is 1.55 bits per heavy atom. The van der Waals surface area contributed by atoms with E-state index in [0.717, 1.165) is 12.2 Å². The number of amides is 2. The van der Waals surface area contributed by atoms with E-state index in [4.69, 9.17) is 9.15 Å². The lowest BCUT2D eigenvalue weighted by Crippen LogP contribution is -2.43. The van der Waals surface area contributed by atoms with Crippen molar-refractivity contribution in [1.29, 1.82) is 0 Å². The van der Waals surface area contributed by atoms with Gasteiger partial charge >= 0.3 is 6.03 Å². The summed E-state index contributed by atoms with van der Waals surface area (Å²) in [5.41, 5.74) is 0. The van der Waals surface area contributed by atoms with E-state index in [9.17, 15) is 9.90 Å². The molecule has 6 nitrogen and oxygen atoms in total. The van der Waals surface area contributed by atoms with Crippen molar-refractivity contribution in [3.8, 4) is 0 Å². The van der Waals surface area contributed by atoms with Gasteiger partial charge in [0, 0.05) is 27.1 Å². The summed E-state index contributed by atoms with van der Waals surface area (Å²) in [6, 6.07) is 3.12. The summed E-state index contributed by atoms with van der Waals surface area (Å²) in [6.07, 6.45) is 0.234. The van der Waals surface area contributed by atoms with Gasteiger partial charge in [-0.3, -0.25) is 0 Å². The van der Waals surface area contributed by atoms with E-state index in [-0.39, 0.29) is 18.6 Å². The van der Waals surface area contributed by atoms with Crippen molar-refractivity contribution in [3.05, 3.63) is 23.7 Å². The van der Waals surface area contributed by atoms with E-state index in [2.05, 4.69) is 5.32 Å². The minimum Gasteiger partial charge on any atom is -0.464 e. The molecule has 1 aromatic heterocycles. The number of aryl methyl sites for hydroxylation is 1. The number of likely N-dealkylation sites (N-methyl/N-ethyl adjacent to an activating group) is 1. The number of hydrogen-bond acceptors (Lipinski definition) is 4. The fourth-order valence-corrected chi connectivity index (χ4v) is 1.87. The van der Waals surface area contributed by atoms with Crippen LogP contribution in [0.4, 0.5) is 4.79 Å². The Morgan fingerprint density at radius 2 is 2.25 bits per heavy atom. The maximum atomic E-state index is 12.0. The van der Waals surface area contributed by atoms with Crippen LogP contribution in [0, 0.1) is 0 Å². The SMILES string of the molecule is CCc1ccc(C(COC)NC(=O)N(C)CC(C)O)o1. The van der Waals surface area contributed by atoms with Gasteiger partial charge in [-0.1, -0.05) is 6.92 Å². The molecule has 0 aliphatic carbocycles. The van der Waals surface area contributed by atoms with Crippen molar-refractivity contribution in [2.45, 2.75) is 32.4 Å². The first-order chi connectivity index (χ1) is 9.47. The number of carbonyl (C=O) groups excluding carboxylic acids is 1. The highest BCUT2D eigenvalue weighted by Gasteiger charge is 2.20. The third-order valence-corrected chi connectivity index (χ3v) is 2.89. The smallest absolute Gasteiger partial charge is 0.317 e. The van der Waals surface area contributed by atoms with Gasteiger partial charge in [0.25, 0.3) is 0 Å². The normalized spacial score (nSPS) is 13.8. The number of methoxy groups -OCH3 is 1. The first kappa shape index (κ1) is 16.5. The summed E-state index contributed by atoms with van der Waals surface area (Å²) >= 11 is 0. The lowest BCUT2D eigenvalue weighted by Gasteiger charge is -2.23. The van der Waals surface area contributed by atoms with Crippen LogP contribution in [0.3, 0.4) is 0 Å². The molecule has 0 spiro atoms. The molecule has 0 aliphatic heterocycles. The third-order valence-electron chi connectivity index (χ3n) is 2.89. The van der Waals surface area contributed by atoms with Crippen molar-refractivity contribution in [3.63, 3.8) is 0 Å². The molecule has 1 aromatic rings. The van der Waals surface area contributed by atoms with Gasteiger partial charge in [-0.2, -0.15) is 0 Å². The fourth-order valence-electron chi connectivity index (χ4n) is 1.87. The van der Waals surface area contributed by atoms with Gasteiger partial charge in [-0.25, -0.2) is 4.79 Å². The molecule has 0 saturated carbocycles. The topological polar surface area (TPSA) is 74.9 Å². The van der Waals surface area contributed by atoms with Crippen LogP contribution in [0.15, 0.2) is 16.5 Å². The molecule has 1 rings (SSSR count). The maximum absolute atomic E-state index is 12.0. The third kappa shape index (κ3) is 4.86. The predicted molar refractivity (Wildman–Crippen MR) is 75.5 cm³/mol. The lowest BCUT2D eigenvalue weighted by molar-refractivity contribution is 0.130. The van der Waals surface area contributed by atoms with E-state index < -0.39 is 6.10 Å². The van der Waals surface area contributed by atoms with Gasteiger partial charge in [0.05, 0.1) is 12.7 Å². The van der Waals surface area contributed by atoms with Crippen LogP contribution in [0.1, 0.15) is 31.4 Å². The van der Waals surface area contributed by atoms with E-state index in [1.54, 1.807) is 21.1 Å². The van der Waals surface area contributed by atoms with Crippen LogP contribution in [0.2, 0.25) is 0 Å². The molecular weight excluding hydrogens is 260 g/mol. The van der Waals surface area contributed by atoms with Gasteiger partial charge in [0.1, 0.15) is 17.6 Å². The fraction of sp³-hybridized carbons (Fsp3) is 0.643. The number of aliphatic hydroxyl groups excluding tert-OH is 1. The van der Waals surface area contributed by atoms with Gasteiger partial charge in [0.2, 0.25) is 0 Å². The van der Waals surface area contributed by atoms with Crippen molar-refractivity contribution in [2.75, 3.05) is 27.3 Å². The minimum atomic E-state index is -0.568. The molecule has 2 N–H and O–H groups in total. The van der Waals surface area contributed by atoms with Crippen molar-refractivity contribution in [2.24, 2.45) is 0 Å². The molecule has 0 aliphatic rings. The lowest BCUT2D eigenvalue weighted by atomic mass is 10.2. The predicted octanol–water partition coefficient (Wildman–Crippen LogP) is 1.55. The first-order valence-corrected chi connectivity index (χ1v) is 6.75. The Bertz CT molecular complexity index is 417. The van der Waals surface area contributed by atoms with Crippen molar-refractivity contribution in [1.82, 2.24) is 10.2 Å². The number of furan rings is 1. The zero-order valence-corrected chi connectivity index (χ0v) is 12.5. The second-order valence-electron chi connectivity index (χ2n) is 4.84. The van der Waals surface area contributed by atoms with Crippen LogP contribution >= 0.6 is 0 Å². The average Bonchev–Trinajstić information content (AvgIpc) is 2.85. The molecule has 2 amide bonds. The highest BCUT2D eigenvalue weighted by atomic mass is 16.5. The highest BCUT2D eigenvalue weighted by molar-refractivity contribution is 5.74. The zero-order chi connectivity index (χ0) is 15.1. The van der Waals surface area contributed by atoms with Crippen molar-refractivity contribution >= 4 is 6.03 Å². The Kier molecular flexibility index (Phi) is 6.54. The number of ether oxygens (including phenoxy) is 1. The summed E-state index contributed by atoms with van der Waals surface area (Å²) in [6.45, 7) is 4.23. The number of nitrogens with one attached hydrogen (secondary N) is 1.